The Hall–Kier alpha value is -3.00. The molecular formula is C17H14N2O5S. The number of amides is 3. The van der Waals surface area contributed by atoms with Crippen LogP contribution in [-0.2, 0) is 9.53 Å². The van der Waals surface area contributed by atoms with Crippen LogP contribution in [0.1, 0.15) is 37.5 Å². The predicted octanol–water partition coefficient (Wildman–Crippen LogP) is 1.66. The van der Waals surface area contributed by atoms with E-state index in [1.54, 1.807) is 41.1 Å². The summed E-state index contributed by atoms with van der Waals surface area (Å²) < 4.78 is 4.97. The summed E-state index contributed by atoms with van der Waals surface area (Å²) in [6, 6.07) is 8.11. The normalized spacial score (nSPS) is 12.9. The van der Waals surface area contributed by atoms with Crippen molar-refractivity contribution in [3.8, 4) is 0 Å². The number of carbonyl (C=O) groups is 4. The maximum Gasteiger partial charge on any atom is 0.309 e. The van der Waals surface area contributed by atoms with E-state index in [0.29, 0.717) is 16.7 Å². The van der Waals surface area contributed by atoms with Crippen LogP contribution < -0.4 is 5.32 Å². The summed E-state index contributed by atoms with van der Waals surface area (Å²) in [6.45, 7) is -0.334. The topological polar surface area (TPSA) is 92.8 Å². The Kier molecular flexibility index (Phi) is 4.90. The van der Waals surface area contributed by atoms with Crippen LogP contribution in [-0.4, -0.2) is 41.9 Å². The molecule has 0 saturated carbocycles. The lowest BCUT2D eigenvalue weighted by molar-refractivity contribution is -0.146. The Bertz CT molecular complexity index is 796. The first-order valence-corrected chi connectivity index (χ1v) is 8.43. The quantitative estimate of drug-likeness (QED) is 0.626. The molecule has 2 heterocycles. The summed E-state index contributed by atoms with van der Waals surface area (Å²) in [6.07, 6.45) is -0.0565. The fourth-order valence-electron chi connectivity index (χ4n) is 2.34. The van der Waals surface area contributed by atoms with Crippen LogP contribution in [0, 0.1) is 0 Å². The number of nitrogens with one attached hydrogen (secondary N) is 1. The number of rotatable bonds is 6. The Morgan fingerprint density at radius 1 is 1.08 bits per heavy atom. The molecule has 0 bridgehead atoms. The summed E-state index contributed by atoms with van der Waals surface area (Å²) >= 11 is 1.40. The molecule has 2 aromatic rings. The van der Waals surface area contributed by atoms with Crippen molar-refractivity contribution in [2.24, 2.45) is 0 Å². The van der Waals surface area contributed by atoms with E-state index in [-0.39, 0.29) is 18.9 Å². The lowest BCUT2D eigenvalue weighted by Gasteiger charge is -2.14. The number of esters is 1. The van der Waals surface area contributed by atoms with E-state index in [2.05, 4.69) is 5.32 Å². The van der Waals surface area contributed by atoms with Crippen LogP contribution in [0.5, 0.6) is 0 Å². The smallest absolute Gasteiger partial charge is 0.309 e. The van der Waals surface area contributed by atoms with Gasteiger partial charge in [0.2, 0.25) is 0 Å². The van der Waals surface area contributed by atoms with E-state index >= 15 is 0 Å². The molecule has 0 radical (unpaired) electrons. The van der Waals surface area contributed by atoms with E-state index in [1.807, 2.05) is 0 Å². The zero-order valence-corrected chi connectivity index (χ0v) is 13.9. The van der Waals surface area contributed by atoms with Crippen molar-refractivity contribution in [2.75, 3.05) is 13.3 Å². The third-order valence-electron chi connectivity index (χ3n) is 3.63. The Labute approximate surface area is 147 Å². The Morgan fingerprint density at radius 2 is 1.76 bits per heavy atom. The van der Waals surface area contributed by atoms with Crippen molar-refractivity contribution in [3.63, 3.8) is 0 Å². The molecule has 25 heavy (non-hydrogen) atoms. The fourth-order valence-corrected chi connectivity index (χ4v) is 2.97. The number of hydrogen-bond donors (Lipinski definition) is 1. The van der Waals surface area contributed by atoms with Gasteiger partial charge in [-0.1, -0.05) is 12.1 Å². The van der Waals surface area contributed by atoms with Gasteiger partial charge in [-0.15, -0.1) is 0 Å². The van der Waals surface area contributed by atoms with Gasteiger partial charge in [0.1, 0.15) is 0 Å². The standard InChI is InChI=1S/C17H14N2O5S/c20-14(5-7-18-15(21)11-6-8-25-9-11)24-10-19-16(22)12-3-1-2-4-13(12)17(19)23/h1-4,6,8-9H,5,7,10H2,(H,18,21). The summed E-state index contributed by atoms with van der Waals surface area (Å²) in [5, 5.41) is 6.08. The van der Waals surface area contributed by atoms with Crippen LogP contribution in [0.4, 0.5) is 0 Å². The third-order valence-corrected chi connectivity index (χ3v) is 4.31. The van der Waals surface area contributed by atoms with E-state index in [4.69, 9.17) is 4.74 Å². The van der Waals surface area contributed by atoms with Crippen molar-refractivity contribution in [1.29, 1.82) is 0 Å². The molecule has 128 valence electrons. The minimum absolute atomic E-state index is 0.0565. The van der Waals surface area contributed by atoms with Gasteiger partial charge < -0.3 is 10.1 Å². The van der Waals surface area contributed by atoms with Gasteiger partial charge >= 0.3 is 5.97 Å². The predicted molar refractivity (Wildman–Crippen MR) is 89.2 cm³/mol. The minimum Gasteiger partial charge on any atom is -0.444 e. The molecule has 1 aromatic carbocycles. The van der Waals surface area contributed by atoms with Crippen LogP contribution in [0.2, 0.25) is 0 Å². The minimum atomic E-state index is -0.609. The molecule has 8 heteroatoms. The van der Waals surface area contributed by atoms with E-state index in [1.165, 1.54) is 11.3 Å². The molecule has 1 aliphatic rings. The fraction of sp³-hybridized carbons (Fsp3) is 0.176. The molecule has 0 atom stereocenters. The average Bonchev–Trinajstić information content (AvgIpc) is 3.23. The molecule has 3 amide bonds. The van der Waals surface area contributed by atoms with Gasteiger partial charge in [-0.3, -0.25) is 19.2 Å². The maximum absolute atomic E-state index is 12.1. The summed E-state index contributed by atoms with van der Waals surface area (Å²) in [7, 11) is 0. The van der Waals surface area contributed by atoms with Crippen LogP contribution in [0.15, 0.2) is 41.1 Å². The molecule has 0 aliphatic carbocycles. The van der Waals surface area contributed by atoms with E-state index in [9.17, 15) is 19.2 Å². The van der Waals surface area contributed by atoms with Crippen LogP contribution in [0.3, 0.4) is 0 Å². The largest absolute Gasteiger partial charge is 0.444 e. The molecule has 3 rings (SSSR count). The first kappa shape index (κ1) is 16.8. The highest BCUT2D eigenvalue weighted by Gasteiger charge is 2.35. The lowest BCUT2D eigenvalue weighted by atomic mass is 10.1. The van der Waals surface area contributed by atoms with Gasteiger partial charge in [0, 0.05) is 17.5 Å². The highest BCUT2D eigenvalue weighted by atomic mass is 32.1. The SMILES string of the molecule is O=C(CCNC(=O)c1ccsc1)OCN1C(=O)c2ccccc2C1=O. The summed E-state index contributed by atoms with van der Waals surface area (Å²) in [4.78, 5) is 48.6. The zero-order chi connectivity index (χ0) is 17.8. The van der Waals surface area contributed by atoms with Gasteiger partial charge in [0.25, 0.3) is 17.7 Å². The van der Waals surface area contributed by atoms with Crippen molar-refractivity contribution >= 4 is 35.0 Å². The number of fused-ring (bicyclic) bond motifs is 1. The Balaban J connectivity index is 1.45. The molecule has 0 unspecified atom stereocenters. The summed E-state index contributed by atoms with van der Waals surface area (Å²) in [5.41, 5.74) is 1.13. The van der Waals surface area contributed by atoms with Crippen molar-refractivity contribution < 1.29 is 23.9 Å². The van der Waals surface area contributed by atoms with Crippen molar-refractivity contribution in [3.05, 3.63) is 57.8 Å². The average molecular weight is 358 g/mol. The van der Waals surface area contributed by atoms with Gasteiger partial charge in [0.15, 0.2) is 6.73 Å². The second-order valence-corrected chi connectivity index (χ2v) is 6.03. The van der Waals surface area contributed by atoms with Gasteiger partial charge in [-0.25, -0.2) is 4.90 Å². The highest BCUT2D eigenvalue weighted by Crippen LogP contribution is 2.22. The van der Waals surface area contributed by atoms with Gasteiger partial charge in [0.05, 0.1) is 17.5 Å². The van der Waals surface area contributed by atoms with Crippen LogP contribution >= 0.6 is 11.3 Å². The molecule has 1 aliphatic heterocycles. The van der Waals surface area contributed by atoms with Gasteiger partial charge in [-0.05, 0) is 23.6 Å². The van der Waals surface area contributed by atoms with E-state index in [0.717, 1.165) is 4.90 Å². The van der Waals surface area contributed by atoms with E-state index < -0.39 is 24.5 Å². The number of imide groups is 1. The number of thiophene rings is 1. The molecule has 0 saturated heterocycles. The second-order valence-electron chi connectivity index (χ2n) is 5.25. The monoisotopic (exact) mass is 358 g/mol. The second kappa shape index (κ2) is 7.27. The van der Waals surface area contributed by atoms with Crippen molar-refractivity contribution in [2.45, 2.75) is 6.42 Å². The third kappa shape index (κ3) is 3.58. The highest BCUT2D eigenvalue weighted by molar-refractivity contribution is 7.08. The summed E-state index contributed by atoms with van der Waals surface area (Å²) in [5.74, 6) is -1.85. The van der Waals surface area contributed by atoms with Crippen molar-refractivity contribution in [1.82, 2.24) is 10.2 Å². The number of benzene rings is 1. The number of nitrogens with zero attached hydrogens (tertiary/aromatic N) is 1. The number of ether oxygens (including phenoxy) is 1. The Morgan fingerprint density at radius 3 is 2.36 bits per heavy atom. The number of hydrogen-bond acceptors (Lipinski definition) is 6. The number of carbonyl (C=O) groups excluding carboxylic acids is 4. The molecular weight excluding hydrogens is 344 g/mol. The molecule has 7 nitrogen and oxygen atoms in total. The van der Waals surface area contributed by atoms with Gasteiger partial charge in [-0.2, -0.15) is 11.3 Å². The maximum atomic E-state index is 12.1. The first-order valence-electron chi connectivity index (χ1n) is 7.49. The molecule has 0 spiro atoms. The lowest BCUT2D eigenvalue weighted by Crippen LogP contribution is -2.34. The molecule has 1 aromatic heterocycles. The molecule has 1 N–H and O–H groups in total. The molecule has 0 fully saturated rings. The first-order chi connectivity index (χ1) is 12.1. The zero-order valence-electron chi connectivity index (χ0n) is 13.1. The van der Waals surface area contributed by atoms with Crippen LogP contribution in [0.25, 0.3) is 0 Å².